The number of fused-ring (bicyclic) bond motifs is 1. The molecule has 3 aliphatic rings. The molecule has 43 heavy (non-hydrogen) atoms. The molecule has 3 heterocycles. The van der Waals surface area contributed by atoms with Crippen LogP contribution in [0.1, 0.15) is 64.1 Å². The van der Waals surface area contributed by atoms with Crippen LogP contribution in [0.25, 0.3) is 11.6 Å². The van der Waals surface area contributed by atoms with E-state index in [1.54, 1.807) is 30.3 Å². The van der Waals surface area contributed by atoms with E-state index in [9.17, 15) is 18.0 Å². The molecule has 0 unspecified atom stereocenters. The molecule has 0 radical (unpaired) electrons. The van der Waals surface area contributed by atoms with Gasteiger partial charge in [-0.05, 0) is 94.0 Å². The van der Waals surface area contributed by atoms with Crippen LogP contribution in [-0.2, 0) is 20.4 Å². The molecule has 1 aromatic heterocycles. The molecule has 2 aliphatic heterocycles. The average molecular weight is 642 g/mol. The zero-order valence-corrected chi connectivity index (χ0v) is 26.4. The van der Waals surface area contributed by atoms with Gasteiger partial charge in [0.25, 0.3) is 11.8 Å². The maximum Gasteiger partial charge on any atom is 0.256 e. The van der Waals surface area contributed by atoms with E-state index >= 15 is 0 Å². The summed E-state index contributed by atoms with van der Waals surface area (Å²) >= 11 is 12.5. The van der Waals surface area contributed by atoms with Gasteiger partial charge in [-0.3, -0.25) is 9.59 Å². The summed E-state index contributed by atoms with van der Waals surface area (Å²) in [7, 11) is -3.84. The van der Waals surface area contributed by atoms with Gasteiger partial charge < -0.3 is 20.5 Å². The van der Waals surface area contributed by atoms with Crippen molar-refractivity contribution in [2.75, 3.05) is 25.0 Å². The smallest absolute Gasteiger partial charge is 0.256 e. The molecule has 2 amide bonds. The predicted octanol–water partition coefficient (Wildman–Crippen LogP) is 6.01. The Hall–Kier alpha value is -3.11. The average Bonchev–Trinajstić information content (AvgIpc) is 3.70. The molecule has 2 fully saturated rings. The van der Waals surface area contributed by atoms with Crippen LogP contribution in [0, 0.1) is 19.8 Å². The van der Waals surface area contributed by atoms with Gasteiger partial charge in [0.15, 0.2) is 9.84 Å². The zero-order valence-electron chi connectivity index (χ0n) is 24.1. The second-order valence-corrected chi connectivity index (χ2v) is 14.6. The van der Waals surface area contributed by atoms with Crippen LogP contribution in [0.15, 0.2) is 41.3 Å². The van der Waals surface area contributed by atoms with Crippen molar-refractivity contribution in [3.8, 4) is 0 Å². The normalized spacial score (nSPS) is 19.5. The topological polar surface area (TPSA) is 111 Å². The number of carbonyl (C=O) groups excluding carboxylic acids is 2. The SMILES string of the molecule is Cc1[nH]c(C=C2C(=O)Nc3ccc(S(=O)(=O)Cc4c(Cl)cccc4Cl)cc32)c(C)c1C(=O)N1CCC[C@@H](CNC2CC2)C1. The maximum absolute atomic E-state index is 13.7. The van der Waals surface area contributed by atoms with Crippen molar-refractivity contribution in [3.63, 3.8) is 0 Å². The minimum Gasteiger partial charge on any atom is -0.358 e. The highest BCUT2D eigenvalue weighted by Gasteiger charge is 2.31. The Morgan fingerprint density at radius 2 is 1.86 bits per heavy atom. The van der Waals surface area contributed by atoms with E-state index in [4.69, 9.17) is 23.2 Å². The Morgan fingerprint density at radius 3 is 2.58 bits per heavy atom. The van der Waals surface area contributed by atoms with Crippen molar-refractivity contribution in [2.45, 2.75) is 56.2 Å². The summed E-state index contributed by atoms with van der Waals surface area (Å²) in [6.07, 6.45) is 6.27. The third-order valence-corrected chi connectivity index (χ3v) is 10.9. The fourth-order valence-electron chi connectivity index (χ4n) is 6.03. The molecule has 2 aromatic carbocycles. The van der Waals surface area contributed by atoms with Crippen molar-refractivity contribution in [3.05, 3.63) is 80.1 Å². The standard InChI is InChI=1S/C32H34Cl2N4O4S/c1-18-29(36-19(2)30(18)32(40)38-12-4-5-20(16-38)15-35-21-8-9-21)14-24-23-13-22(10-11-28(23)37-31(24)39)43(41,42)17-25-26(33)6-3-7-27(25)34/h3,6-7,10-11,13-14,20-21,35-36H,4-5,8-9,12,15-17H2,1-2H3,(H,37,39)/t20-/m0/s1. The number of carbonyl (C=O) groups is 2. The van der Waals surface area contributed by atoms with Crippen molar-refractivity contribution in [1.29, 1.82) is 0 Å². The molecule has 8 nitrogen and oxygen atoms in total. The van der Waals surface area contributed by atoms with E-state index in [0.29, 0.717) is 45.6 Å². The van der Waals surface area contributed by atoms with E-state index in [2.05, 4.69) is 15.6 Å². The number of nitrogens with one attached hydrogen (secondary N) is 3. The molecule has 0 bridgehead atoms. The van der Waals surface area contributed by atoms with Gasteiger partial charge in [-0.2, -0.15) is 0 Å². The molecule has 226 valence electrons. The highest BCUT2D eigenvalue weighted by atomic mass is 35.5. The Bertz CT molecular complexity index is 1740. The van der Waals surface area contributed by atoms with Gasteiger partial charge in [-0.15, -0.1) is 0 Å². The lowest BCUT2D eigenvalue weighted by atomic mass is 9.96. The number of halogens is 2. The molecule has 6 rings (SSSR count). The quantitative estimate of drug-likeness (QED) is 0.261. The van der Waals surface area contributed by atoms with Crippen molar-refractivity contribution in [2.24, 2.45) is 5.92 Å². The number of nitrogens with zero attached hydrogens (tertiary/aromatic N) is 1. The Kier molecular flexibility index (Phi) is 8.19. The summed E-state index contributed by atoms with van der Waals surface area (Å²) in [4.78, 5) is 32.1. The largest absolute Gasteiger partial charge is 0.358 e. The number of aromatic nitrogens is 1. The fraction of sp³-hybridized carbons (Fsp3) is 0.375. The first-order valence-corrected chi connectivity index (χ1v) is 17.0. The van der Waals surface area contributed by atoms with Gasteiger partial charge in [-0.25, -0.2) is 8.42 Å². The van der Waals surface area contributed by atoms with Crippen molar-refractivity contribution in [1.82, 2.24) is 15.2 Å². The second-order valence-electron chi connectivity index (χ2n) is 11.8. The van der Waals surface area contributed by atoms with Gasteiger partial charge in [0, 0.05) is 57.4 Å². The van der Waals surface area contributed by atoms with Crippen LogP contribution in [-0.4, -0.2) is 55.8 Å². The van der Waals surface area contributed by atoms with Crippen LogP contribution in [0.3, 0.4) is 0 Å². The number of piperidine rings is 1. The van der Waals surface area contributed by atoms with E-state index in [-0.39, 0.29) is 32.5 Å². The molecule has 1 atom stereocenters. The number of hydrogen-bond acceptors (Lipinski definition) is 5. The molecule has 11 heteroatoms. The number of likely N-dealkylation sites (tertiary alicyclic amines) is 1. The molecular formula is C32H34Cl2N4O4S. The van der Waals surface area contributed by atoms with E-state index in [0.717, 1.165) is 43.7 Å². The highest BCUT2D eigenvalue weighted by Crippen LogP contribution is 2.37. The predicted molar refractivity (Wildman–Crippen MR) is 170 cm³/mol. The molecule has 3 N–H and O–H groups in total. The van der Waals surface area contributed by atoms with Crippen molar-refractivity contribution >= 4 is 62.2 Å². The molecular weight excluding hydrogens is 607 g/mol. The Balaban J connectivity index is 1.27. The minimum atomic E-state index is -3.84. The lowest BCUT2D eigenvalue weighted by Crippen LogP contribution is -2.43. The van der Waals surface area contributed by atoms with E-state index in [1.165, 1.54) is 25.0 Å². The number of aromatic amines is 1. The first-order valence-electron chi connectivity index (χ1n) is 14.6. The number of aryl methyl sites for hydroxylation is 1. The third kappa shape index (κ3) is 6.13. The number of rotatable bonds is 8. The van der Waals surface area contributed by atoms with Gasteiger partial charge in [0.1, 0.15) is 0 Å². The van der Waals surface area contributed by atoms with E-state index in [1.807, 2.05) is 18.7 Å². The van der Waals surface area contributed by atoms with Crippen LogP contribution in [0.4, 0.5) is 5.69 Å². The molecule has 1 aliphatic carbocycles. The summed E-state index contributed by atoms with van der Waals surface area (Å²) in [5.74, 6) is -0.285. The maximum atomic E-state index is 13.7. The highest BCUT2D eigenvalue weighted by molar-refractivity contribution is 7.90. The molecule has 1 saturated carbocycles. The lowest BCUT2D eigenvalue weighted by Gasteiger charge is -2.33. The summed E-state index contributed by atoms with van der Waals surface area (Å²) in [5, 5.41) is 6.96. The van der Waals surface area contributed by atoms with Crippen LogP contribution >= 0.6 is 23.2 Å². The molecule has 3 aromatic rings. The molecule has 0 spiro atoms. The summed E-state index contributed by atoms with van der Waals surface area (Å²) in [5.41, 5.74) is 4.37. The number of sulfone groups is 1. The number of benzene rings is 2. The summed E-state index contributed by atoms with van der Waals surface area (Å²) in [6, 6.07) is 10.0. The van der Waals surface area contributed by atoms with Gasteiger partial charge in [0.2, 0.25) is 0 Å². The van der Waals surface area contributed by atoms with E-state index < -0.39 is 9.84 Å². The van der Waals surface area contributed by atoms with Crippen LogP contribution in [0.5, 0.6) is 0 Å². The number of hydrogen-bond donors (Lipinski definition) is 3. The first-order chi connectivity index (χ1) is 20.5. The lowest BCUT2D eigenvalue weighted by molar-refractivity contribution is -0.110. The Morgan fingerprint density at radius 1 is 1.12 bits per heavy atom. The van der Waals surface area contributed by atoms with Gasteiger partial charge in [0.05, 0.1) is 21.8 Å². The monoisotopic (exact) mass is 640 g/mol. The second kappa shape index (κ2) is 11.8. The molecule has 1 saturated heterocycles. The van der Waals surface area contributed by atoms with Crippen LogP contribution < -0.4 is 10.6 Å². The van der Waals surface area contributed by atoms with Gasteiger partial charge in [-0.1, -0.05) is 29.3 Å². The van der Waals surface area contributed by atoms with Crippen LogP contribution in [0.2, 0.25) is 10.0 Å². The Labute approximate surface area is 261 Å². The number of amides is 2. The first kappa shape index (κ1) is 29.9. The number of H-pyrrole nitrogens is 1. The number of anilines is 1. The fourth-order valence-corrected chi connectivity index (χ4v) is 8.15. The summed E-state index contributed by atoms with van der Waals surface area (Å²) in [6.45, 7) is 6.14. The third-order valence-electron chi connectivity index (χ3n) is 8.59. The summed E-state index contributed by atoms with van der Waals surface area (Å²) < 4.78 is 26.8. The minimum absolute atomic E-state index is 0.00471. The van der Waals surface area contributed by atoms with Crippen molar-refractivity contribution < 1.29 is 18.0 Å². The van der Waals surface area contributed by atoms with Gasteiger partial charge >= 0.3 is 0 Å². The zero-order chi connectivity index (χ0) is 30.5.